The Morgan fingerprint density at radius 3 is 2.26 bits per heavy atom. The second-order valence-electron chi connectivity index (χ2n) is 10.1. The van der Waals surface area contributed by atoms with Gasteiger partial charge in [-0.1, -0.05) is 42.5 Å². The van der Waals surface area contributed by atoms with E-state index in [1.165, 1.54) is 23.9 Å². The number of aromatic nitrogens is 1. The Hall–Kier alpha value is -4.56. The Bertz CT molecular complexity index is 1730. The highest BCUT2D eigenvalue weighted by molar-refractivity contribution is 8.00. The molecule has 1 aromatic heterocycles. The van der Waals surface area contributed by atoms with Crippen molar-refractivity contribution in [2.24, 2.45) is 5.10 Å². The summed E-state index contributed by atoms with van der Waals surface area (Å²) in [6.45, 7) is 0.608. The van der Waals surface area contributed by atoms with Gasteiger partial charge in [-0.15, -0.1) is 11.8 Å². The average Bonchev–Trinajstić information content (AvgIpc) is 3.64. The number of methoxy groups -OCH3 is 2. The van der Waals surface area contributed by atoms with Crippen molar-refractivity contribution in [3.63, 3.8) is 0 Å². The minimum Gasteiger partial charge on any atom is -0.497 e. The zero-order chi connectivity index (χ0) is 29.1. The molecule has 0 spiro atoms. The van der Waals surface area contributed by atoms with E-state index in [9.17, 15) is 9.18 Å². The predicted molar refractivity (Wildman–Crippen MR) is 165 cm³/mol. The van der Waals surface area contributed by atoms with Gasteiger partial charge in [0.05, 0.1) is 31.7 Å². The molecule has 0 saturated carbocycles. The lowest BCUT2D eigenvalue weighted by molar-refractivity contribution is -0.130. The molecule has 8 heteroatoms. The fourth-order valence-electron chi connectivity index (χ4n) is 5.23. The largest absolute Gasteiger partial charge is 0.497 e. The molecule has 4 aromatic carbocycles. The number of halogens is 1. The first-order valence-electron chi connectivity index (χ1n) is 13.7. The van der Waals surface area contributed by atoms with Crippen molar-refractivity contribution in [3.8, 4) is 11.5 Å². The molecule has 1 aliphatic heterocycles. The molecule has 2 heterocycles. The maximum absolute atomic E-state index is 13.8. The normalized spacial score (nSPS) is 14.7. The molecular formula is C34H30FN3O3S. The van der Waals surface area contributed by atoms with Gasteiger partial charge < -0.3 is 14.0 Å². The van der Waals surface area contributed by atoms with Gasteiger partial charge in [0, 0.05) is 35.0 Å². The Balaban J connectivity index is 1.25. The van der Waals surface area contributed by atoms with Gasteiger partial charge >= 0.3 is 0 Å². The summed E-state index contributed by atoms with van der Waals surface area (Å²) in [6.07, 6.45) is 2.68. The van der Waals surface area contributed by atoms with Crippen molar-refractivity contribution in [2.75, 3.05) is 20.0 Å². The average molecular weight is 580 g/mol. The molecule has 0 aliphatic carbocycles. The van der Waals surface area contributed by atoms with Crippen LogP contribution in [0, 0.1) is 5.82 Å². The molecule has 5 aromatic rings. The summed E-state index contributed by atoms with van der Waals surface area (Å²) in [4.78, 5) is 14.8. The fourth-order valence-corrected chi connectivity index (χ4v) is 6.18. The van der Waals surface area contributed by atoms with Crippen LogP contribution in [0.4, 0.5) is 4.39 Å². The van der Waals surface area contributed by atoms with E-state index >= 15 is 0 Å². The molecule has 6 rings (SSSR count). The van der Waals surface area contributed by atoms with Gasteiger partial charge in [0.25, 0.3) is 5.91 Å². The quantitative estimate of drug-likeness (QED) is 0.172. The molecule has 0 bridgehead atoms. The Labute approximate surface area is 248 Å². The van der Waals surface area contributed by atoms with Crippen LogP contribution in [0.25, 0.3) is 10.9 Å². The first-order valence-corrected chi connectivity index (χ1v) is 14.6. The molecule has 0 fully saturated rings. The third-order valence-electron chi connectivity index (χ3n) is 7.46. The Morgan fingerprint density at radius 2 is 1.57 bits per heavy atom. The molecule has 6 nitrogen and oxygen atoms in total. The zero-order valence-corrected chi connectivity index (χ0v) is 24.2. The highest BCUT2D eigenvalue weighted by Gasteiger charge is 2.33. The second kappa shape index (κ2) is 12.1. The van der Waals surface area contributed by atoms with Crippen molar-refractivity contribution in [2.45, 2.75) is 23.9 Å². The zero-order valence-electron chi connectivity index (χ0n) is 23.4. The minimum absolute atomic E-state index is 0.0697. The van der Waals surface area contributed by atoms with E-state index in [-0.39, 0.29) is 23.5 Å². The van der Waals surface area contributed by atoms with Crippen molar-refractivity contribution in [1.82, 2.24) is 9.58 Å². The van der Waals surface area contributed by atoms with E-state index in [0.717, 1.165) is 49.7 Å². The van der Waals surface area contributed by atoms with Gasteiger partial charge in [-0.25, -0.2) is 9.40 Å². The highest BCUT2D eigenvalue weighted by atomic mass is 32.2. The monoisotopic (exact) mass is 579 g/mol. The first kappa shape index (κ1) is 27.6. The van der Waals surface area contributed by atoms with Gasteiger partial charge in [-0.2, -0.15) is 5.10 Å². The van der Waals surface area contributed by atoms with Crippen LogP contribution in [0.15, 0.2) is 113 Å². The van der Waals surface area contributed by atoms with Crippen LogP contribution >= 0.6 is 11.8 Å². The SMILES string of the molecule is COc1ccc(C2=NN(C(=O)CSc3cn(Cc4ccc(F)cc4)c4ccccc34)[C@@H](c3ccc(OC)cc3)C2)cc1. The lowest BCUT2D eigenvalue weighted by Crippen LogP contribution is -2.28. The maximum atomic E-state index is 13.8. The Morgan fingerprint density at radius 1 is 0.905 bits per heavy atom. The lowest BCUT2D eigenvalue weighted by atomic mass is 9.98. The van der Waals surface area contributed by atoms with Gasteiger partial charge in [0.1, 0.15) is 17.3 Å². The van der Waals surface area contributed by atoms with Crippen LogP contribution in [0.1, 0.15) is 29.2 Å². The van der Waals surface area contributed by atoms with E-state index < -0.39 is 0 Å². The van der Waals surface area contributed by atoms with Crippen LogP contribution in [0.5, 0.6) is 11.5 Å². The van der Waals surface area contributed by atoms with E-state index in [4.69, 9.17) is 14.6 Å². The highest BCUT2D eigenvalue weighted by Crippen LogP contribution is 2.36. The third kappa shape index (κ3) is 5.76. The number of carbonyl (C=O) groups is 1. The molecule has 0 N–H and O–H groups in total. The number of benzene rings is 4. The topological polar surface area (TPSA) is 56.1 Å². The standard InChI is InChI=1S/C34H30FN3O3S/c1-40-27-15-9-24(10-16-27)30-19-32(25-11-17-28(41-2)18-12-25)38(36-30)34(39)22-42-33-21-37(31-6-4-3-5-29(31)33)20-23-7-13-26(35)14-8-23/h3-18,21,32H,19-20,22H2,1-2H3/t32-/m1/s1. The molecule has 0 radical (unpaired) electrons. The third-order valence-corrected chi connectivity index (χ3v) is 8.49. The molecule has 0 saturated heterocycles. The Kier molecular flexibility index (Phi) is 7.97. The summed E-state index contributed by atoms with van der Waals surface area (Å²) in [5.41, 5.74) is 4.88. The summed E-state index contributed by atoms with van der Waals surface area (Å²) in [5.74, 6) is 1.44. The van der Waals surface area contributed by atoms with E-state index in [0.29, 0.717) is 13.0 Å². The number of nitrogens with zero attached hydrogens (tertiary/aromatic N) is 3. The van der Waals surface area contributed by atoms with Crippen LogP contribution in [-0.4, -0.2) is 41.2 Å². The number of hydrazone groups is 1. The van der Waals surface area contributed by atoms with Crippen molar-refractivity contribution < 1.29 is 18.7 Å². The van der Waals surface area contributed by atoms with Gasteiger partial charge in [-0.05, 0) is 71.3 Å². The van der Waals surface area contributed by atoms with Gasteiger partial charge in [-0.3, -0.25) is 4.79 Å². The second-order valence-corrected chi connectivity index (χ2v) is 11.1. The summed E-state index contributed by atoms with van der Waals surface area (Å²) >= 11 is 1.51. The molecule has 212 valence electrons. The first-order chi connectivity index (χ1) is 20.5. The summed E-state index contributed by atoms with van der Waals surface area (Å²) in [7, 11) is 3.28. The minimum atomic E-state index is -0.251. The smallest absolute Gasteiger partial charge is 0.253 e. The number of para-hydroxylation sites is 1. The predicted octanol–water partition coefficient (Wildman–Crippen LogP) is 7.32. The number of ether oxygens (including phenoxy) is 2. The van der Waals surface area contributed by atoms with Gasteiger partial charge in [0.15, 0.2) is 0 Å². The van der Waals surface area contributed by atoms with Crippen LogP contribution in [-0.2, 0) is 11.3 Å². The number of thioether (sulfide) groups is 1. The summed E-state index contributed by atoms with van der Waals surface area (Å²) < 4.78 is 26.2. The molecule has 1 atom stereocenters. The molecular weight excluding hydrogens is 549 g/mol. The molecule has 1 aliphatic rings. The number of rotatable bonds is 9. The van der Waals surface area contributed by atoms with E-state index in [1.54, 1.807) is 31.4 Å². The maximum Gasteiger partial charge on any atom is 0.253 e. The fraction of sp³-hybridized carbons (Fsp3) is 0.176. The number of hydrogen-bond donors (Lipinski definition) is 0. The lowest BCUT2D eigenvalue weighted by Gasteiger charge is -2.22. The number of hydrogen-bond acceptors (Lipinski definition) is 5. The van der Waals surface area contributed by atoms with E-state index in [2.05, 4.69) is 22.9 Å². The van der Waals surface area contributed by atoms with Crippen LogP contribution in [0.3, 0.4) is 0 Å². The van der Waals surface area contributed by atoms with E-state index in [1.807, 2.05) is 60.7 Å². The van der Waals surface area contributed by atoms with Gasteiger partial charge in [0.2, 0.25) is 0 Å². The number of amides is 1. The number of carbonyl (C=O) groups excluding carboxylic acids is 1. The summed E-state index contributed by atoms with van der Waals surface area (Å²) in [6, 6.07) is 30.0. The van der Waals surface area contributed by atoms with Crippen molar-refractivity contribution in [3.05, 3.63) is 126 Å². The molecule has 42 heavy (non-hydrogen) atoms. The van der Waals surface area contributed by atoms with Crippen LogP contribution < -0.4 is 9.47 Å². The van der Waals surface area contributed by atoms with Crippen LogP contribution in [0.2, 0.25) is 0 Å². The number of fused-ring (bicyclic) bond motifs is 1. The summed E-state index contributed by atoms with van der Waals surface area (Å²) in [5, 5.41) is 7.54. The molecule has 1 amide bonds. The van der Waals surface area contributed by atoms with Crippen molar-refractivity contribution in [1.29, 1.82) is 0 Å². The molecule has 0 unspecified atom stereocenters. The van der Waals surface area contributed by atoms with Crippen molar-refractivity contribution >= 4 is 34.3 Å².